The van der Waals surface area contributed by atoms with Gasteiger partial charge in [0.05, 0.1) is 24.8 Å². The van der Waals surface area contributed by atoms with E-state index in [1.807, 2.05) is 13.2 Å². The predicted octanol–water partition coefficient (Wildman–Crippen LogP) is 3.54. The predicted molar refractivity (Wildman–Crippen MR) is 180 cm³/mol. The minimum atomic E-state index is -1.12. The molecule has 4 aromatic heterocycles. The standard InChI is InChI=1S/C29H36N12O4S2/c1-18(6-32-24-16-30-22(14-34-24)26(42)43)9-37-29-40-12-21(13-41-29)47-5-4-45-27(44)23-15-35-25(17-31-23)33-7-19(2)8-36-28-38-10-20(46-3)11-39-28/h10-19H,4-9H2,1-3H3,(H,32,34)(H,33,35)(H,42,43)(H,36,38,39)(H,37,40,41). The van der Waals surface area contributed by atoms with E-state index in [9.17, 15) is 9.59 Å². The summed E-state index contributed by atoms with van der Waals surface area (Å²) in [6.07, 6.45) is 14.5. The maximum absolute atomic E-state index is 12.4. The smallest absolute Gasteiger partial charge is 0.358 e. The fourth-order valence-electron chi connectivity index (χ4n) is 3.65. The summed E-state index contributed by atoms with van der Waals surface area (Å²) in [5.41, 5.74) is 0.0269. The minimum absolute atomic E-state index is 0.106. The second-order valence-electron chi connectivity index (χ2n) is 10.3. The lowest BCUT2D eigenvalue weighted by Gasteiger charge is -2.14. The van der Waals surface area contributed by atoms with Crippen LogP contribution in [0.3, 0.4) is 0 Å². The summed E-state index contributed by atoms with van der Waals surface area (Å²) in [6.45, 7) is 6.83. The Labute approximate surface area is 280 Å². The molecule has 0 aliphatic rings. The van der Waals surface area contributed by atoms with Crippen molar-refractivity contribution in [3.63, 3.8) is 0 Å². The van der Waals surface area contributed by atoms with Crippen LogP contribution < -0.4 is 21.3 Å². The summed E-state index contributed by atoms with van der Waals surface area (Å²) in [7, 11) is 0. The van der Waals surface area contributed by atoms with Crippen LogP contribution in [-0.4, -0.2) is 102 Å². The van der Waals surface area contributed by atoms with Crippen LogP contribution in [0.5, 0.6) is 0 Å². The van der Waals surface area contributed by atoms with Gasteiger partial charge in [-0.05, 0) is 18.1 Å². The third-order valence-electron chi connectivity index (χ3n) is 6.29. The third kappa shape index (κ3) is 12.1. The van der Waals surface area contributed by atoms with Gasteiger partial charge in [0.25, 0.3) is 0 Å². The normalized spacial score (nSPS) is 12.1. The van der Waals surface area contributed by atoms with Crippen molar-refractivity contribution in [1.82, 2.24) is 39.9 Å². The number of aromatic nitrogens is 8. The van der Waals surface area contributed by atoms with Crippen LogP contribution in [0.2, 0.25) is 0 Å². The Hall–Kier alpha value is -4.84. The molecule has 0 fully saturated rings. The van der Waals surface area contributed by atoms with Crippen molar-refractivity contribution in [3.8, 4) is 0 Å². The lowest BCUT2D eigenvalue weighted by Crippen LogP contribution is -2.21. The second-order valence-corrected chi connectivity index (χ2v) is 12.3. The molecule has 0 aromatic carbocycles. The van der Waals surface area contributed by atoms with Gasteiger partial charge < -0.3 is 31.1 Å². The summed E-state index contributed by atoms with van der Waals surface area (Å²) < 4.78 is 5.34. The van der Waals surface area contributed by atoms with Crippen LogP contribution in [-0.2, 0) is 4.74 Å². The van der Waals surface area contributed by atoms with Gasteiger partial charge >= 0.3 is 11.9 Å². The van der Waals surface area contributed by atoms with Gasteiger partial charge in [0.15, 0.2) is 11.4 Å². The van der Waals surface area contributed by atoms with Crippen molar-refractivity contribution < 1.29 is 19.4 Å². The molecule has 0 radical (unpaired) electrons. The van der Waals surface area contributed by atoms with Crippen molar-refractivity contribution >= 4 is 59.0 Å². The number of hydrogen-bond acceptors (Lipinski definition) is 17. The van der Waals surface area contributed by atoms with Crippen molar-refractivity contribution in [2.75, 3.05) is 66.1 Å². The molecule has 4 rings (SSSR count). The number of aromatic carboxylic acids is 1. The van der Waals surface area contributed by atoms with Crippen molar-refractivity contribution in [3.05, 3.63) is 61.0 Å². The molecule has 2 unspecified atom stereocenters. The van der Waals surface area contributed by atoms with Crippen LogP contribution in [0.4, 0.5) is 23.5 Å². The summed E-state index contributed by atoms with van der Waals surface area (Å²) >= 11 is 3.06. The SMILES string of the molecule is CSc1cnc(NCC(C)CNc2cnc(C(=O)OCCSc3cnc(NCC(C)CNc4cnc(C(=O)O)cn4)nc3)cn2)nc1. The fourth-order valence-corrected chi connectivity index (χ4v) is 4.62. The average Bonchev–Trinajstić information content (AvgIpc) is 3.10. The topological polar surface area (TPSA) is 215 Å². The lowest BCUT2D eigenvalue weighted by molar-refractivity contribution is 0.0522. The van der Waals surface area contributed by atoms with E-state index in [-0.39, 0.29) is 29.8 Å². The van der Waals surface area contributed by atoms with E-state index in [0.29, 0.717) is 55.5 Å². The molecule has 4 heterocycles. The molecule has 16 nitrogen and oxygen atoms in total. The van der Waals surface area contributed by atoms with E-state index >= 15 is 0 Å². The Kier molecular flexibility index (Phi) is 13.7. The summed E-state index contributed by atoms with van der Waals surface area (Å²) in [5, 5.41) is 21.6. The first kappa shape index (κ1) is 35.0. The first-order valence-corrected chi connectivity index (χ1v) is 16.8. The Bertz CT molecular complexity index is 1550. The zero-order valence-corrected chi connectivity index (χ0v) is 27.7. The van der Waals surface area contributed by atoms with Crippen LogP contribution >= 0.6 is 23.5 Å². The largest absolute Gasteiger partial charge is 0.476 e. The van der Waals surface area contributed by atoms with E-state index in [0.717, 1.165) is 9.79 Å². The highest BCUT2D eigenvalue weighted by atomic mass is 32.2. The number of carbonyl (C=O) groups is 2. The molecule has 4 aromatic rings. The number of carboxylic acids is 1. The number of hydrogen-bond donors (Lipinski definition) is 5. The number of nitrogens with one attached hydrogen (secondary N) is 4. The number of ether oxygens (including phenoxy) is 1. The summed E-state index contributed by atoms with van der Waals surface area (Å²) in [4.78, 5) is 58.7. The Morgan fingerprint density at radius 3 is 1.64 bits per heavy atom. The average molecular weight is 681 g/mol. The molecule has 5 N–H and O–H groups in total. The number of carboxylic acid groups (broad SMARTS) is 1. The quantitative estimate of drug-likeness (QED) is 0.0544. The van der Waals surface area contributed by atoms with Gasteiger partial charge in [-0.2, -0.15) is 0 Å². The highest BCUT2D eigenvalue weighted by Gasteiger charge is 2.11. The van der Waals surface area contributed by atoms with Crippen LogP contribution in [0, 0.1) is 11.8 Å². The molecule has 0 spiro atoms. The first-order chi connectivity index (χ1) is 22.8. The molecule has 18 heteroatoms. The minimum Gasteiger partial charge on any atom is -0.476 e. The van der Waals surface area contributed by atoms with Gasteiger partial charge in [0, 0.05) is 66.5 Å². The molecular weight excluding hydrogens is 645 g/mol. The molecule has 0 aliphatic heterocycles. The summed E-state index contributed by atoms with van der Waals surface area (Å²) in [5.74, 6) is 1.45. The Morgan fingerprint density at radius 2 is 1.17 bits per heavy atom. The van der Waals surface area contributed by atoms with Crippen LogP contribution in [0.25, 0.3) is 0 Å². The van der Waals surface area contributed by atoms with Crippen LogP contribution in [0.1, 0.15) is 34.8 Å². The fraction of sp³-hybridized carbons (Fsp3) is 0.379. The summed E-state index contributed by atoms with van der Waals surface area (Å²) in [6, 6.07) is 0. The van der Waals surface area contributed by atoms with E-state index in [4.69, 9.17) is 9.84 Å². The van der Waals surface area contributed by atoms with Gasteiger partial charge in [0.2, 0.25) is 11.9 Å². The number of rotatable bonds is 19. The monoisotopic (exact) mass is 680 g/mol. The molecule has 0 saturated carbocycles. The zero-order chi connectivity index (χ0) is 33.4. The Balaban J connectivity index is 1.07. The zero-order valence-electron chi connectivity index (χ0n) is 26.1. The van der Waals surface area contributed by atoms with Crippen LogP contribution in [0.15, 0.2) is 59.4 Å². The number of thioether (sulfide) groups is 2. The highest BCUT2D eigenvalue weighted by Crippen LogP contribution is 2.17. The van der Waals surface area contributed by atoms with Crippen molar-refractivity contribution in [2.24, 2.45) is 11.8 Å². The molecular formula is C29H36N12O4S2. The van der Waals surface area contributed by atoms with Gasteiger partial charge in [-0.3, -0.25) is 0 Å². The molecule has 248 valence electrons. The van der Waals surface area contributed by atoms with Gasteiger partial charge in [-0.1, -0.05) is 13.8 Å². The highest BCUT2D eigenvalue weighted by molar-refractivity contribution is 7.99. The number of esters is 1. The van der Waals surface area contributed by atoms with Crippen molar-refractivity contribution in [1.29, 1.82) is 0 Å². The maximum atomic E-state index is 12.4. The van der Waals surface area contributed by atoms with Crippen molar-refractivity contribution in [2.45, 2.75) is 23.6 Å². The van der Waals surface area contributed by atoms with Gasteiger partial charge in [-0.25, -0.2) is 49.5 Å². The maximum Gasteiger partial charge on any atom is 0.358 e. The van der Waals surface area contributed by atoms with E-state index in [2.05, 4.69) is 68.1 Å². The number of anilines is 4. The molecule has 2 atom stereocenters. The molecule has 47 heavy (non-hydrogen) atoms. The molecule has 0 saturated heterocycles. The van der Waals surface area contributed by atoms with E-state index in [1.54, 1.807) is 36.5 Å². The lowest BCUT2D eigenvalue weighted by atomic mass is 10.2. The molecule has 0 aliphatic carbocycles. The number of nitrogens with zero attached hydrogens (tertiary/aromatic N) is 8. The third-order valence-corrected chi connectivity index (χ3v) is 7.89. The van der Waals surface area contributed by atoms with Gasteiger partial charge in [0.1, 0.15) is 18.2 Å². The Morgan fingerprint density at radius 1 is 0.681 bits per heavy atom. The number of carbonyl (C=O) groups excluding carboxylic acids is 1. The second kappa shape index (κ2) is 18.3. The van der Waals surface area contributed by atoms with Gasteiger partial charge in [-0.15, -0.1) is 23.5 Å². The molecule has 0 bridgehead atoms. The van der Waals surface area contributed by atoms with E-state index < -0.39 is 11.9 Å². The first-order valence-electron chi connectivity index (χ1n) is 14.6. The molecule has 0 amide bonds. The van der Waals surface area contributed by atoms with E-state index in [1.165, 1.54) is 36.5 Å².